The molecule has 32 heavy (non-hydrogen) atoms. The Morgan fingerprint density at radius 2 is 1.44 bits per heavy atom. The number of carbonyl (C=O) groups is 1. The molecule has 0 saturated heterocycles. The van der Waals surface area contributed by atoms with Crippen LogP contribution in [0, 0.1) is 13.8 Å². The number of pyridine rings is 1. The number of aryl methyl sites for hydroxylation is 2. The Morgan fingerprint density at radius 3 is 2.12 bits per heavy atom. The van der Waals surface area contributed by atoms with E-state index in [1.54, 1.807) is 18.3 Å². The molecule has 0 radical (unpaired) electrons. The van der Waals surface area contributed by atoms with Crippen LogP contribution in [0.2, 0.25) is 0 Å². The van der Waals surface area contributed by atoms with Crippen LogP contribution in [-0.4, -0.2) is 20.9 Å². The van der Waals surface area contributed by atoms with Gasteiger partial charge in [0.05, 0.1) is 0 Å². The second-order valence-corrected chi connectivity index (χ2v) is 8.11. The highest BCUT2D eigenvalue weighted by molar-refractivity contribution is 9.10. The van der Waals surface area contributed by atoms with Crippen LogP contribution in [0.5, 0.6) is 0 Å². The molecule has 0 aliphatic heterocycles. The molecule has 0 spiro atoms. The summed E-state index contributed by atoms with van der Waals surface area (Å²) in [6.07, 6.45) is 1.75. The number of halogens is 1. The summed E-state index contributed by atoms with van der Waals surface area (Å²) >= 11 is 3.37. The van der Waals surface area contributed by atoms with E-state index in [1.807, 2.05) is 68.4 Å². The largest absolute Gasteiger partial charge is 0.340 e. The van der Waals surface area contributed by atoms with Gasteiger partial charge in [-0.2, -0.15) is 0 Å². The van der Waals surface area contributed by atoms with Gasteiger partial charge in [0, 0.05) is 33.7 Å². The molecule has 0 bridgehead atoms. The molecule has 2 heterocycles. The van der Waals surface area contributed by atoms with Gasteiger partial charge in [0.1, 0.15) is 23.3 Å². The van der Waals surface area contributed by atoms with Crippen molar-refractivity contribution in [1.82, 2.24) is 15.0 Å². The third-order valence-electron chi connectivity index (χ3n) is 4.53. The van der Waals surface area contributed by atoms with Gasteiger partial charge in [-0.3, -0.25) is 4.79 Å². The molecule has 0 aliphatic rings. The van der Waals surface area contributed by atoms with E-state index in [2.05, 4.69) is 46.8 Å². The molecular formula is C24H21BrN6O. The van der Waals surface area contributed by atoms with E-state index < -0.39 is 0 Å². The van der Waals surface area contributed by atoms with Gasteiger partial charge in [-0.05, 0) is 80.1 Å². The maximum absolute atomic E-state index is 12.4. The summed E-state index contributed by atoms with van der Waals surface area (Å²) in [5, 5.41) is 9.37. The van der Waals surface area contributed by atoms with E-state index in [9.17, 15) is 4.79 Å². The minimum absolute atomic E-state index is 0.162. The average molecular weight is 489 g/mol. The highest BCUT2D eigenvalue weighted by Crippen LogP contribution is 2.22. The number of carbonyl (C=O) groups excluding carboxylic acids is 1. The van der Waals surface area contributed by atoms with Gasteiger partial charge in [-0.15, -0.1) is 0 Å². The second kappa shape index (κ2) is 9.57. The minimum Gasteiger partial charge on any atom is -0.340 e. The summed E-state index contributed by atoms with van der Waals surface area (Å²) in [6.45, 7) is 3.84. The Balaban J connectivity index is 1.43. The van der Waals surface area contributed by atoms with E-state index in [1.165, 1.54) is 0 Å². The van der Waals surface area contributed by atoms with Crippen molar-refractivity contribution in [1.29, 1.82) is 0 Å². The fraction of sp³-hybridized carbons (Fsp3) is 0.0833. The maximum Gasteiger partial charge on any atom is 0.255 e. The van der Waals surface area contributed by atoms with Crippen LogP contribution in [-0.2, 0) is 0 Å². The third-order valence-corrected chi connectivity index (χ3v) is 5.06. The Hall–Kier alpha value is -3.78. The maximum atomic E-state index is 12.4. The molecule has 0 saturated carbocycles. The Morgan fingerprint density at radius 1 is 0.781 bits per heavy atom. The molecule has 4 rings (SSSR count). The highest BCUT2D eigenvalue weighted by atomic mass is 79.9. The number of benzene rings is 2. The third kappa shape index (κ3) is 5.67. The predicted molar refractivity (Wildman–Crippen MR) is 131 cm³/mol. The predicted octanol–water partition coefficient (Wildman–Crippen LogP) is 5.99. The van der Waals surface area contributed by atoms with Crippen molar-refractivity contribution in [3.63, 3.8) is 0 Å². The summed E-state index contributed by atoms with van der Waals surface area (Å²) in [5.74, 6) is 2.49. The SMILES string of the molecule is Cc1ccnc(Nc2cc(Nc3ccc(NC(=O)c4ccc(Br)cc4)cc3)nc(C)n2)c1. The monoisotopic (exact) mass is 488 g/mol. The molecule has 8 heteroatoms. The Bertz CT molecular complexity index is 1240. The standard InChI is InChI=1S/C24H21BrN6O/c1-15-11-12-26-21(13-15)31-23-14-22(27-16(2)28-23)29-19-7-9-20(10-8-19)30-24(32)17-3-5-18(25)6-4-17/h3-14H,1-2H3,(H,30,32)(H2,26,27,28,29,31). The molecule has 2 aromatic heterocycles. The zero-order chi connectivity index (χ0) is 22.5. The van der Waals surface area contributed by atoms with Gasteiger partial charge >= 0.3 is 0 Å². The first-order valence-electron chi connectivity index (χ1n) is 9.94. The lowest BCUT2D eigenvalue weighted by Crippen LogP contribution is -2.11. The summed E-state index contributed by atoms with van der Waals surface area (Å²) < 4.78 is 0.929. The quantitative estimate of drug-likeness (QED) is 0.308. The fourth-order valence-electron chi connectivity index (χ4n) is 3.02. The number of amides is 1. The molecule has 0 unspecified atom stereocenters. The molecule has 2 aromatic carbocycles. The summed E-state index contributed by atoms with van der Waals surface area (Å²) in [5.41, 5.74) is 3.24. The number of rotatable bonds is 6. The first-order valence-corrected chi connectivity index (χ1v) is 10.7. The molecular weight excluding hydrogens is 468 g/mol. The molecule has 0 aliphatic carbocycles. The van der Waals surface area contributed by atoms with Crippen molar-refractivity contribution in [3.8, 4) is 0 Å². The molecule has 1 amide bonds. The Kier molecular flexibility index (Phi) is 6.42. The zero-order valence-corrected chi connectivity index (χ0v) is 19.1. The van der Waals surface area contributed by atoms with Crippen LogP contribution >= 0.6 is 15.9 Å². The molecule has 0 atom stereocenters. The van der Waals surface area contributed by atoms with Gasteiger partial charge < -0.3 is 16.0 Å². The van der Waals surface area contributed by atoms with Gasteiger partial charge in [-0.1, -0.05) is 15.9 Å². The number of hydrogen-bond donors (Lipinski definition) is 3. The first-order chi connectivity index (χ1) is 15.4. The van der Waals surface area contributed by atoms with Crippen LogP contribution in [0.3, 0.4) is 0 Å². The van der Waals surface area contributed by atoms with Crippen LogP contribution in [0.25, 0.3) is 0 Å². The van der Waals surface area contributed by atoms with E-state index >= 15 is 0 Å². The fourth-order valence-corrected chi connectivity index (χ4v) is 3.29. The van der Waals surface area contributed by atoms with Crippen molar-refractivity contribution in [2.75, 3.05) is 16.0 Å². The number of anilines is 5. The van der Waals surface area contributed by atoms with Gasteiger partial charge in [0.2, 0.25) is 0 Å². The molecule has 160 valence electrons. The van der Waals surface area contributed by atoms with Crippen LogP contribution in [0.4, 0.5) is 28.8 Å². The number of hydrogen-bond acceptors (Lipinski definition) is 6. The summed E-state index contributed by atoms with van der Waals surface area (Å²) in [7, 11) is 0. The minimum atomic E-state index is -0.162. The van der Waals surface area contributed by atoms with Crippen molar-refractivity contribution in [2.24, 2.45) is 0 Å². The van der Waals surface area contributed by atoms with E-state index in [0.29, 0.717) is 28.7 Å². The number of aromatic nitrogens is 3. The van der Waals surface area contributed by atoms with Crippen molar-refractivity contribution in [3.05, 3.63) is 94.4 Å². The van der Waals surface area contributed by atoms with Crippen molar-refractivity contribution < 1.29 is 4.79 Å². The lowest BCUT2D eigenvalue weighted by atomic mass is 10.2. The van der Waals surface area contributed by atoms with Gasteiger partial charge in [-0.25, -0.2) is 15.0 Å². The topological polar surface area (TPSA) is 91.8 Å². The molecule has 3 N–H and O–H groups in total. The smallest absolute Gasteiger partial charge is 0.255 e. The van der Waals surface area contributed by atoms with E-state index in [-0.39, 0.29) is 5.91 Å². The Labute approximate surface area is 194 Å². The normalized spacial score (nSPS) is 10.5. The second-order valence-electron chi connectivity index (χ2n) is 7.19. The summed E-state index contributed by atoms with van der Waals surface area (Å²) in [4.78, 5) is 25.6. The van der Waals surface area contributed by atoms with Crippen LogP contribution in [0.1, 0.15) is 21.7 Å². The zero-order valence-electron chi connectivity index (χ0n) is 17.6. The van der Waals surface area contributed by atoms with Gasteiger partial charge in [0.25, 0.3) is 5.91 Å². The number of nitrogens with one attached hydrogen (secondary N) is 3. The number of nitrogens with zero attached hydrogens (tertiary/aromatic N) is 3. The summed E-state index contributed by atoms with van der Waals surface area (Å²) in [6, 6.07) is 20.4. The molecule has 4 aromatic rings. The van der Waals surface area contributed by atoms with Crippen LogP contribution in [0.15, 0.2) is 77.4 Å². The first kappa shape index (κ1) is 21.5. The molecule has 0 fully saturated rings. The molecule has 7 nitrogen and oxygen atoms in total. The highest BCUT2D eigenvalue weighted by Gasteiger charge is 2.07. The van der Waals surface area contributed by atoms with E-state index in [4.69, 9.17) is 0 Å². The van der Waals surface area contributed by atoms with Crippen molar-refractivity contribution >= 4 is 50.7 Å². The van der Waals surface area contributed by atoms with Crippen LogP contribution < -0.4 is 16.0 Å². The van der Waals surface area contributed by atoms with E-state index in [0.717, 1.165) is 21.5 Å². The lowest BCUT2D eigenvalue weighted by Gasteiger charge is -2.11. The van der Waals surface area contributed by atoms with Crippen molar-refractivity contribution in [2.45, 2.75) is 13.8 Å². The average Bonchev–Trinajstić information content (AvgIpc) is 2.75. The lowest BCUT2D eigenvalue weighted by molar-refractivity contribution is 0.102. The van der Waals surface area contributed by atoms with Gasteiger partial charge in [0.15, 0.2) is 0 Å².